The molecule has 1 aromatic carbocycles. The standard InChI is InChI=1S/C21H22F3N5OS/c1-20(2,3)17-12-18(28(4)27-17)29(19(25)30)13-5-6-16(15(11-13)21(22,23)24)31-14-7-9-26-10-8-14/h5-12H,1-4H3,(H2,25,30). The van der Waals surface area contributed by atoms with E-state index in [1.807, 2.05) is 20.8 Å². The fourth-order valence-corrected chi connectivity index (χ4v) is 3.84. The number of aryl methyl sites for hydroxylation is 1. The molecule has 3 rings (SSSR count). The minimum absolute atomic E-state index is 0.00219. The second-order valence-electron chi connectivity index (χ2n) is 7.90. The Bertz CT molecular complexity index is 1090. The fourth-order valence-electron chi connectivity index (χ4n) is 2.91. The van der Waals surface area contributed by atoms with E-state index in [9.17, 15) is 18.0 Å². The maximum absolute atomic E-state index is 13.9. The summed E-state index contributed by atoms with van der Waals surface area (Å²) < 4.78 is 43.0. The maximum Gasteiger partial charge on any atom is 0.417 e. The molecule has 0 aliphatic rings. The van der Waals surface area contributed by atoms with Gasteiger partial charge in [-0.05, 0) is 30.3 Å². The lowest BCUT2D eigenvalue weighted by atomic mass is 9.92. The Balaban J connectivity index is 2.10. The van der Waals surface area contributed by atoms with E-state index in [-0.39, 0.29) is 21.8 Å². The monoisotopic (exact) mass is 449 g/mol. The molecule has 2 heterocycles. The molecular formula is C21H22F3N5OS. The van der Waals surface area contributed by atoms with Gasteiger partial charge in [0.1, 0.15) is 5.82 Å². The van der Waals surface area contributed by atoms with Gasteiger partial charge in [0.2, 0.25) is 0 Å². The van der Waals surface area contributed by atoms with Crippen LogP contribution in [0.1, 0.15) is 32.0 Å². The van der Waals surface area contributed by atoms with Gasteiger partial charge >= 0.3 is 12.2 Å². The number of urea groups is 1. The van der Waals surface area contributed by atoms with Gasteiger partial charge in [-0.1, -0.05) is 32.5 Å². The van der Waals surface area contributed by atoms with Gasteiger partial charge in [-0.25, -0.2) is 9.69 Å². The van der Waals surface area contributed by atoms with Crippen molar-refractivity contribution in [1.82, 2.24) is 14.8 Å². The van der Waals surface area contributed by atoms with Crippen LogP contribution in [-0.4, -0.2) is 20.8 Å². The Kier molecular flexibility index (Phi) is 6.04. The molecule has 0 aliphatic heterocycles. The number of amides is 2. The van der Waals surface area contributed by atoms with E-state index in [0.29, 0.717) is 10.6 Å². The van der Waals surface area contributed by atoms with Crippen LogP contribution in [0.5, 0.6) is 0 Å². The first-order chi connectivity index (χ1) is 14.4. The molecule has 2 N–H and O–H groups in total. The average Bonchev–Trinajstić information content (AvgIpc) is 3.04. The van der Waals surface area contributed by atoms with Crippen LogP contribution in [0.4, 0.5) is 29.5 Å². The predicted octanol–water partition coefficient (Wildman–Crippen LogP) is 5.50. The summed E-state index contributed by atoms with van der Waals surface area (Å²) in [5, 5.41) is 4.39. The van der Waals surface area contributed by atoms with E-state index < -0.39 is 17.8 Å². The van der Waals surface area contributed by atoms with Crippen LogP contribution in [0.15, 0.2) is 58.6 Å². The van der Waals surface area contributed by atoms with Crippen LogP contribution in [0.3, 0.4) is 0 Å². The highest BCUT2D eigenvalue weighted by molar-refractivity contribution is 7.99. The minimum atomic E-state index is -4.63. The fraction of sp³-hybridized carbons (Fsp3) is 0.286. The van der Waals surface area contributed by atoms with E-state index >= 15 is 0 Å². The molecule has 0 atom stereocenters. The Morgan fingerprint density at radius 3 is 2.26 bits per heavy atom. The summed E-state index contributed by atoms with van der Waals surface area (Å²) in [4.78, 5) is 17.8. The molecule has 3 aromatic rings. The number of primary amides is 1. The van der Waals surface area contributed by atoms with E-state index in [1.165, 1.54) is 29.2 Å². The van der Waals surface area contributed by atoms with Gasteiger partial charge in [-0.2, -0.15) is 18.3 Å². The highest BCUT2D eigenvalue weighted by Crippen LogP contribution is 2.42. The summed E-state index contributed by atoms with van der Waals surface area (Å²) in [6, 6.07) is 7.69. The number of halogens is 3. The van der Waals surface area contributed by atoms with Crippen LogP contribution < -0.4 is 10.6 Å². The van der Waals surface area contributed by atoms with E-state index in [0.717, 1.165) is 22.7 Å². The van der Waals surface area contributed by atoms with Crippen molar-refractivity contribution in [1.29, 1.82) is 0 Å². The lowest BCUT2D eigenvalue weighted by Gasteiger charge is -2.22. The Morgan fingerprint density at radius 2 is 1.74 bits per heavy atom. The molecule has 0 unspecified atom stereocenters. The number of aromatic nitrogens is 3. The quantitative estimate of drug-likeness (QED) is 0.571. The number of anilines is 2. The second-order valence-corrected chi connectivity index (χ2v) is 9.01. The third kappa shape index (κ3) is 5.01. The highest BCUT2D eigenvalue weighted by atomic mass is 32.2. The topological polar surface area (TPSA) is 77.0 Å². The number of rotatable bonds is 4. The van der Waals surface area contributed by atoms with Crippen molar-refractivity contribution in [3.63, 3.8) is 0 Å². The molecule has 0 radical (unpaired) electrons. The zero-order valence-electron chi connectivity index (χ0n) is 17.4. The number of pyridine rings is 1. The zero-order valence-corrected chi connectivity index (χ0v) is 18.3. The number of alkyl halides is 3. The van der Waals surface area contributed by atoms with Crippen LogP contribution in [-0.2, 0) is 18.6 Å². The SMILES string of the molecule is Cn1nc(C(C)(C)C)cc1N(C(N)=O)c1ccc(Sc2ccncc2)c(C(F)(F)F)c1. The molecule has 0 saturated carbocycles. The van der Waals surface area contributed by atoms with Crippen molar-refractivity contribution < 1.29 is 18.0 Å². The molecule has 0 spiro atoms. The van der Waals surface area contributed by atoms with E-state index in [4.69, 9.17) is 5.73 Å². The molecule has 2 aromatic heterocycles. The van der Waals surface area contributed by atoms with Crippen molar-refractivity contribution >= 4 is 29.3 Å². The van der Waals surface area contributed by atoms with Gasteiger partial charge in [0.25, 0.3) is 0 Å². The van der Waals surface area contributed by atoms with Gasteiger partial charge in [0.05, 0.1) is 16.9 Å². The zero-order chi connectivity index (χ0) is 23.0. The molecule has 0 saturated heterocycles. The largest absolute Gasteiger partial charge is 0.417 e. The number of hydrogen-bond acceptors (Lipinski definition) is 4. The minimum Gasteiger partial charge on any atom is -0.351 e. The Morgan fingerprint density at radius 1 is 1.10 bits per heavy atom. The first kappa shape index (κ1) is 22.7. The van der Waals surface area contributed by atoms with Gasteiger partial charge in [0, 0.05) is 40.7 Å². The van der Waals surface area contributed by atoms with Crippen molar-refractivity contribution in [3.8, 4) is 0 Å². The lowest BCUT2D eigenvalue weighted by molar-refractivity contribution is -0.139. The normalized spacial score (nSPS) is 12.1. The third-order valence-corrected chi connectivity index (χ3v) is 5.56. The van der Waals surface area contributed by atoms with Crippen molar-refractivity contribution in [2.24, 2.45) is 12.8 Å². The smallest absolute Gasteiger partial charge is 0.351 e. The van der Waals surface area contributed by atoms with Crippen molar-refractivity contribution in [2.45, 2.75) is 42.2 Å². The summed E-state index contributed by atoms with van der Waals surface area (Å²) in [6.45, 7) is 5.84. The number of hydrogen-bond donors (Lipinski definition) is 1. The van der Waals surface area contributed by atoms with Crippen LogP contribution >= 0.6 is 11.8 Å². The summed E-state index contributed by atoms with van der Waals surface area (Å²) in [7, 11) is 1.61. The van der Waals surface area contributed by atoms with Crippen molar-refractivity contribution in [3.05, 3.63) is 60.0 Å². The first-order valence-corrected chi connectivity index (χ1v) is 10.1. The van der Waals surface area contributed by atoms with E-state index in [2.05, 4.69) is 10.1 Å². The Hall–Kier alpha value is -3.01. The van der Waals surface area contributed by atoms with Gasteiger partial charge in [0.15, 0.2) is 0 Å². The Labute approximate surface area is 182 Å². The number of nitrogens with two attached hydrogens (primary N) is 1. The van der Waals surface area contributed by atoms with Crippen LogP contribution in [0.2, 0.25) is 0 Å². The number of nitrogens with zero attached hydrogens (tertiary/aromatic N) is 4. The summed E-state index contributed by atoms with van der Waals surface area (Å²) in [5.41, 5.74) is 5.06. The molecule has 0 bridgehead atoms. The van der Waals surface area contributed by atoms with Gasteiger partial charge in [-0.3, -0.25) is 9.67 Å². The summed E-state index contributed by atoms with van der Waals surface area (Å²) >= 11 is 0.964. The molecule has 6 nitrogen and oxygen atoms in total. The molecule has 164 valence electrons. The molecular weight excluding hydrogens is 427 g/mol. The first-order valence-electron chi connectivity index (χ1n) is 9.31. The number of benzene rings is 1. The maximum atomic E-state index is 13.9. The molecule has 0 aliphatic carbocycles. The number of carbonyl (C=O) groups excluding carboxylic acids is 1. The molecule has 31 heavy (non-hydrogen) atoms. The van der Waals surface area contributed by atoms with Crippen molar-refractivity contribution in [2.75, 3.05) is 4.90 Å². The molecule has 0 fully saturated rings. The lowest BCUT2D eigenvalue weighted by Crippen LogP contribution is -2.33. The van der Waals surface area contributed by atoms with Crippen LogP contribution in [0, 0.1) is 0 Å². The predicted molar refractivity (Wildman–Crippen MR) is 113 cm³/mol. The summed E-state index contributed by atoms with van der Waals surface area (Å²) in [6.07, 6.45) is -1.61. The third-order valence-electron chi connectivity index (χ3n) is 4.48. The van der Waals surface area contributed by atoms with Gasteiger partial charge in [-0.15, -0.1) is 0 Å². The van der Waals surface area contributed by atoms with Crippen LogP contribution in [0.25, 0.3) is 0 Å². The van der Waals surface area contributed by atoms with Gasteiger partial charge < -0.3 is 5.73 Å². The molecule has 2 amide bonds. The van der Waals surface area contributed by atoms with E-state index in [1.54, 1.807) is 25.2 Å². The number of carbonyl (C=O) groups is 1. The average molecular weight is 450 g/mol. The second kappa shape index (κ2) is 8.26. The summed E-state index contributed by atoms with van der Waals surface area (Å²) in [5.74, 6) is 0.278. The highest BCUT2D eigenvalue weighted by Gasteiger charge is 2.35. The molecule has 10 heteroatoms.